The molecule has 1 aromatic carbocycles. The van der Waals surface area contributed by atoms with E-state index >= 15 is 0 Å². The smallest absolute Gasteiger partial charge is 0.0694 e. The number of hydrogen-bond donors (Lipinski definition) is 0. The number of aryl methyl sites for hydroxylation is 1. The van der Waals surface area contributed by atoms with Crippen molar-refractivity contribution in [3.8, 4) is 6.07 Å². The van der Waals surface area contributed by atoms with Crippen LogP contribution in [0.3, 0.4) is 0 Å². The third-order valence-electron chi connectivity index (χ3n) is 4.32. The quantitative estimate of drug-likeness (QED) is 0.729. The van der Waals surface area contributed by atoms with Crippen LogP contribution in [0.4, 0.5) is 0 Å². The number of benzene rings is 1. The van der Waals surface area contributed by atoms with E-state index in [4.69, 9.17) is 4.74 Å². The maximum atomic E-state index is 9.61. The first-order chi connectivity index (χ1) is 9.65. The summed E-state index contributed by atoms with van der Waals surface area (Å²) in [5, 5.41) is 9.61. The molecule has 108 valence electrons. The first kappa shape index (κ1) is 15.1. The van der Waals surface area contributed by atoms with Crippen molar-refractivity contribution in [2.45, 2.75) is 46.0 Å². The Hall–Kier alpha value is -1.33. The molecular formula is C18H25NO. The van der Waals surface area contributed by atoms with Gasteiger partial charge in [0.2, 0.25) is 0 Å². The summed E-state index contributed by atoms with van der Waals surface area (Å²) in [7, 11) is 0. The van der Waals surface area contributed by atoms with E-state index in [1.54, 1.807) is 0 Å². The second-order valence-electron chi connectivity index (χ2n) is 6.38. The number of hydrogen-bond acceptors (Lipinski definition) is 2. The molecule has 2 heteroatoms. The molecule has 20 heavy (non-hydrogen) atoms. The van der Waals surface area contributed by atoms with Crippen LogP contribution in [0.1, 0.15) is 44.2 Å². The average Bonchev–Trinajstić information content (AvgIpc) is 2.46. The van der Waals surface area contributed by atoms with E-state index in [0.717, 1.165) is 38.7 Å². The van der Waals surface area contributed by atoms with Crippen molar-refractivity contribution in [3.63, 3.8) is 0 Å². The number of nitrogens with zero attached hydrogens (tertiary/aromatic N) is 1. The molecule has 0 spiro atoms. The first-order valence-corrected chi connectivity index (χ1v) is 7.71. The molecule has 0 radical (unpaired) electrons. The third-order valence-corrected chi connectivity index (χ3v) is 4.32. The highest BCUT2D eigenvalue weighted by atomic mass is 16.5. The monoisotopic (exact) mass is 271 g/mol. The normalized spacial score (nSPS) is 21.5. The van der Waals surface area contributed by atoms with Gasteiger partial charge in [0.15, 0.2) is 0 Å². The SMILES string of the molecule is CC(C)CCOCCC1(C#N)CCc2ccccc2C1. The topological polar surface area (TPSA) is 33.0 Å². The first-order valence-electron chi connectivity index (χ1n) is 7.71. The van der Waals surface area contributed by atoms with Crippen LogP contribution in [-0.4, -0.2) is 13.2 Å². The Kier molecular flexibility index (Phi) is 5.20. The Morgan fingerprint density at radius 3 is 2.70 bits per heavy atom. The molecule has 1 aliphatic carbocycles. The van der Waals surface area contributed by atoms with E-state index in [2.05, 4.69) is 44.2 Å². The van der Waals surface area contributed by atoms with Gasteiger partial charge < -0.3 is 4.74 Å². The van der Waals surface area contributed by atoms with Crippen molar-refractivity contribution in [3.05, 3.63) is 35.4 Å². The van der Waals surface area contributed by atoms with Crippen molar-refractivity contribution in [2.75, 3.05) is 13.2 Å². The maximum Gasteiger partial charge on any atom is 0.0694 e. The fourth-order valence-electron chi connectivity index (χ4n) is 2.85. The largest absolute Gasteiger partial charge is 0.381 e. The second-order valence-corrected chi connectivity index (χ2v) is 6.38. The van der Waals surface area contributed by atoms with Crippen LogP contribution in [0.2, 0.25) is 0 Å². The van der Waals surface area contributed by atoms with Gasteiger partial charge in [-0.2, -0.15) is 5.26 Å². The van der Waals surface area contributed by atoms with Crippen molar-refractivity contribution in [1.82, 2.24) is 0 Å². The molecule has 0 fully saturated rings. The van der Waals surface area contributed by atoms with E-state index in [0.29, 0.717) is 12.5 Å². The summed E-state index contributed by atoms with van der Waals surface area (Å²) < 4.78 is 5.71. The van der Waals surface area contributed by atoms with Gasteiger partial charge >= 0.3 is 0 Å². The lowest BCUT2D eigenvalue weighted by molar-refractivity contribution is 0.0963. The van der Waals surface area contributed by atoms with E-state index in [1.165, 1.54) is 11.1 Å². The minimum absolute atomic E-state index is 0.216. The van der Waals surface area contributed by atoms with E-state index in [9.17, 15) is 5.26 Å². The van der Waals surface area contributed by atoms with Crippen molar-refractivity contribution < 1.29 is 4.74 Å². The highest BCUT2D eigenvalue weighted by Crippen LogP contribution is 2.37. The molecule has 1 aromatic rings. The molecule has 0 bridgehead atoms. The number of rotatable bonds is 6. The van der Waals surface area contributed by atoms with Crippen LogP contribution in [-0.2, 0) is 17.6 Å². The molecular weight excluding hydrogens is 246 g/mol. The molecule has 0 aromatic heterocycles. The zero-order valence-corrected chi connectivity index (χ0v) is 12.7. The van der Waals surface area contributed by atoms with Gasteiger partial charge in [0.1, 0.15) is 0 Å². The molecule has 0 aliphatic heterocycles. The van der Waals surface area contributed by atoms with Crippen LogP contribution in [0, 0.1) is 22.7 Å². The van der Waals surface area contributed by atoms with Crippen molar-refractivity contribution >= 4 is 0 Å². The van der Waals surface area contributed by atoms with Gasteiger partial charge in [0, 0.05) is 13.2 Å². The molecule has 1 atom stereocenters. The molecule has 0 heterocycles. The summed E-state index contributed by atoms with van der Waals surface area (Å²) in [5.74, 6) is 0.682. The Balaban J connectivity index is 1.87. The van der Waals surface area contributed by atoms with Crippen LogP contribution >= 0.6 is 0 Å². The van der Waals surface area contributed by atoms with Crippen LogP contribution in [0.25, 0.3) is 0 Å². The number of ether oxygens (including phenoxy) is 1. The van der Waals surface area contributed by atoms with Gasteiger partial charge in [-0.25, -0.2) is 0 Å². The second kappa shape index (κ2) is 6.90. The summed E-state index contributed by atoms with van der Waals surface area (Å²) in [4.78, 5) is 0. The average molecular weight is 271 g/mol. The van der Waals surface area contributed by atoms with Gasteiger partial charge in [-0.1, -0.05) is 38.1 Å². The summed E-state index contributed by atoms with van der Waals surface area (Å²) >= 11 is 0. The fraction of sp³-hybridized carbons (Fsp3) is 0.611. The van der Waals surface area contributed by atoms with Crippen LogP contribution in [0.5, 0.6) is 0 Å². The lowest BCUT2D eigenvalue weighted by Gasteiger charge is -2.32. The summed E-state index contributed by atoms with van der Waals surface area (Å²) in [5.41, 5.74) is 2.55. The predicted octanol–water partition coefficient (Wildman–Crippen LogP) is 4.14. The molecule has 0 saturated carbocycles. The van der Waals surface area contributed by atoms with Crippen LogP contribution < -0.4 is 0 Å². The lowest BCUT2D eigenvalue weighted by atomic mass is 9.71. The minimum Gasteiger partial charge on any atom is -0.381 e. The summed E-state index contributed by atoms with van der Waals surface area (Å²) in [6.45, 7) is 5.94. The molecule has 0 amide bonds. The Morgan fingerprint density at radius 2 is 2.00 bits per heavy atom. The Bertz CT molecular complexity index is 475. The molecule has 1 aliphatic rings. The Morgan fingerprint density at radius 1 is 1.25 bits per heavy atom. The summed E-state index contributed by atoms with van der Waals surface area (Å²) in [6, 6.07) is 11.1. The molecule has 0 N–H and O–H groups in total. The van der Waals surface area contributed by atoms with Gasteiger partial charge in [0.25, 0.3) is 0 Å². The molecule has 2 nitrogen and oxygen atoms in total. The minimum atomic E-state index is -0.216. The summed E-state index contributed by atoms with van der Waals surface area (Å²) in [6.07, 6.45) is 4.83. The van der Waals surface area contributed by atoms with Crippen molar-refractivity contribution in [1.29, 1.82) is 5.26 Å². The van der Waals surface area contributed by atoms with Crippen LogP contribution in [0.15, 0.2) is 24.3 Å². The third kappa shape index (κ3) is 3.84. The van der Waals surface area contributed by atoms with E-state index < -0.39 is 0 Å². The van der Waals surface area contributed by atoms with Gasteiger partial charge in [-0.05, 0) is 49.1 Å². The van der Waals surface area contributed by atoms with Gasteiger partial charge in [-0.3, -0.25) is 0 Å². The zero-order chi connectivity index (χ0) is 14.4. The highest BCUT2D eigenvalue weighted by molar-refractivity contribution is 5.32. The fourth-order valence-corrected chi connectivity index (χ4v) is 2.85. The molecule has 2 rings (SSSR count). The maximum absolute atomic E-state index is 9.61. The Labute approximate surface area is 122 Å². The van der Waals surface area contributed by atoms with Gasteiger partial charge in [-0.15, -0.1) is 0 Å². The molecule has 1 unspecified atom stereocenters. The van der Waals surface area contributed by atoms with E-state index in [1.807, 2.05) is 0 Å². The highest BCUT2D eigenvalue weighted by Gasteiger charge is 2.34. The van der Waals surface area contributed by atoms with Gasteiger partial charge in [0.05, 0.1) is 11.5 Å². The standard InChI is InChI=1S/C18H25NO/c1-15(2)8-11-20-12-10-18(14-19)9-7-16-5-3-4-6-17(16)13-18/h3-6,15H,7-13H2,1-2H3. The predicted molar refractivity (Wildman–Crippen MR) is 81.4 cm³/mol. The molecule has 0 saturated heterocycles. The lowest BCUT2D eigenvalue weighted by Crippen LogP contribution is -2.29. The van der Waals surface area contributed by atoms with Crippen molar-refractivity contribution in [2.24, 2.45) is 11.3 Å². The number of nitriles is 1. The zero-order valence-electron chi connectivity index (χ0n) is 12.7. The number of fused-ring (bicyclic) bond motifs is 1. The van der Waals surface area contributed by atoms with E-state index in [-0.39, 0.29) is 5.41 Å².